The van der Waals surface area contributed by atoms with Crippen molar-refractivity contribution < 1.29 is 13.2 Å². The molecule has 0 atom stereocenters. The van der Waals surface area contributed by atoms with Gasteiger partial charge in [0, 0.05) is 36.3 Å². The molecule has 1 aliphatic rings. The molecule has 1 N–H and O–H groups in total. The van der Waals surface area contributed by atoms with Gasteiger partial charge in [-0.15, -0.1) is 12.4 Å². The van der Waals surface area contributed by atoms with E-state index in [0.717, 1.165) is 36.3 Å². The van der Waals surface area contributed by atoms with Gasteiger partial charge in [-0.1, -0.05) is 15.9 Å². The molecule has 1 heterocycles. The van der Waals surface area contributed by atoms with Crippen LogP contribution in [0.25, 0.3) is 0 Å². The third-order valence-electron chi connectivity index (χ3n) is 4.40. The normalized spacial score (nSPS) is 15.1. The second kappa shape index (κ2) is 9.14. The number of likely N-dealkylation sites (N-methyl/N-ethyl adjacent to an activating group) is 1. The van der Waals surface area contributed by atoms with Gasteiger partial charge in [-0.05, 0) is 49.5 Å². The fourth-order valence-corrected chi connectivity index (χ4v) is 4.21. The Kier molecular flexibility index (Phi) is 7.39. The van der Waals surface area contributed by atoms with E-state index in [9.17, 15) is 8.42 Å². The molecule has 0 bridgehead atoms. The van der Waals surface area contributed by atoms with Crippen LogP contribution in [0.5, 0.6) is 5.75 Å². The van der Waals surface area contributed by atoms with Gasteiger partial charge in [-0.3, -0.25) is 4.72 Å². The molecule has 2 aromatic rings. The zero-order chi connectivity index (χ0) is 18.7. The van der Waals surface area contributed by atoms with Crippen LogP contribution in [0.3, 0.4) is 0 Å². The number of nitrogens with zero attached hydrogens (tertiary/aromatic N) is 2. The van der Waals surface area contributed by atoms with E-state index in [1.54, 1.807) is 49.6 Å². The summed E-state index contributed by atoms with van der Waals surface area (Å²) in [5, 5.41) is 0. The molecule has 0 saturated carbocycles. The van der Waals surface area contributed by atoms with Crippen molar-refractivity contribution in [2.24, 2.45) is 0 Å². The average molecular weight is 477 g/mol. The molecule has 1 fully saturated rings. The number of piperazine rings is 1. The smallest absolute Gasteiger partial charge is 0.261 e. The number of hydrogen-bond acceptors (Lipinski definition) is 5. The minimum atomic E-state index is -3.68. The number of halogens is 2. The van der Waals surface area contributed by atoms with E-state index in [1.807, 2.05) is 0 Å². The Labute approximate surface area is 175 Å². The van der Waals surface area contributed by atoms with E-state index in [0.29, 0.717) is 11.4 Å². The summed E-state index contributed by atoms with van der Waals surface area (Å²) in [6.07, 6.45) is 0. The van der Waals surface area contributed by atoms with E-state index in [-0.39, 0.29) is 17.3 Å². The minimum Gasteiger partial charge on any atom is -0.495 e. The fourth-order valence-electron chi connectivity index (χ4n) is 2.86. The zero-order valence-corrected chi connectivity index (χ0v) is 18.4. The molecule has 9 heteroatoms. The van der Waals surface area contributed by atoms with Gasteiger partial charge in [0.25, 0.3) is 10.0 Å². The Morgan fingerprint density at radius 3 is 2.26 bits per heavy atom. The van der Waals surface area contributed by atoms with Crippen molar-refractivity contribution in [1.29, 1.82) is 0 Å². The molecule has 3 rings (SSSR count). The van der Waals surface area contributed by atoms with E-state index >= 15 is 0 Å². The molecule has 148 valence electrons. The molecule has 0 radical (unpaired) electrons. The van der Waals surface area contributed by atoms with Crippen molar-refractivity contribution in [3.63, 3.8) is 0 Å². The lowest BCUT2D eigenvalue weighted by atomic mass is 10.2. The maximum atomic E-state index is 12.8. The summed E-state index contributed by atoms with van der Waals surface area (Å²) in [7, 11) is 0.000252. The Bertz CT molecular complexity index is 870. The van der Waals surface area contributed by atoms with Crippen LogP contribution >= 0.6 is 28.3 Å². The third kappa shape index (κ3) is 5.28. The molecule has 0 aromatic heterocycles. The number of sulfonamides is 1. The van der Waals surface area contributed by atoms with Crippen molar-refractivity contribution in [2.45, 2.75) is 4.90 Å². The number of methoxy groups -OCH3 is 1. The number of nitrogens with one attached hydrogen (secondary N) is 1. The van der Waals surface area contributed by atoms with Crippen molar-refractivity contribution in [3.05, 3.63) is 46.9 Å². The van der Waals surface area contributed by atoms with Crippen LogP contribution in [0.2, 0.25) is 0 Å². The molecular formula is C18H23BrClN3O3S. The number of benzene rings is 2. The highest BCUT2D eigenvalue weighted by atomic mass is 79.9. The summed E-state index contributed by atoms with van der Waals surface area (Å²) >= 11 is 3.34. The van der Waals surface area contributed by atoms with Gasteiger partial charge >= 0.3 is 0 Å². The SMILES string of the molecule is COc1ccc(S(=O)(=O)Nc2ccc(Br)cc2)cc1N1CCN(C)CC1.Cl. The first-order valence-corrected chi connectivity index (χ1v) is 10.6. The molecule has 0 amide bonds. The van der Waals surface area contributed by atoms with Crippen LogP contribution in [0, 0.1) is 0 Å². The molecule has 6 nitrogen and oxygen atoms in total. The van der Waals surface area contributed by atoms with Crippen molar-refractivity contribution in [2.75, 3.05) is 50.0 Å². The molecule has 0 aliphatic carbocycles. The van der Waals surface area contributed by atoms with Gasteiger partial charge in [0.15, 0.2) is 0 Å². The summed E-state index contributed by atoms with van der Waals surface area (Å²) < 4.78 is 34.5. The Morgan fingerprint density at radius 1 is 1.04 bits per heavy atom. The topological polar surface area (TPSA) is 61.9 Å². The highest BCUT2D eigenvalue weighted by Crippen LogP contribution is 2.32. The Morgan fingerprint density at radius 2 is 1.67 bits per heavy atom. The van der Waals surface area contributed by atoms with E-state index in [4.69, 9.17) is 4.74 Å². The monoisotopic (exact) mass is 475 g/mol. The van der Waals surface area contributed by atoms with E-state index in [2.05, 4.69) is 37.5 Å². The van der Waals surface area contributed by atoms with Crippen LogP contribution < -0.4 is 14.4 Å². The first-order chi connectivity index (χ1) is 12.4. The number of anilines is 2. The number of rotatable bonds is 5. The molecule has 1 aliphatic heterocycles. The number of ether oxygens (including phenoxy) is 1. The Balaban J connectivity index is 0.00000261. The first-order valence-electron chi connectivity index (χ1n) is 8.29. The maximum Gasteiger partial charge on any atom is 0.261 e. The van der Waals surface area contributed by atoms with Crippen molar-refractivity contribution >= 4 is 49.7 Å². The number of hydrogen-bond donors (Lipinski definition) is 1. The van der Waals surface area contributed by atoms with Crippen molar-refractivity contribution in [1.82, 2.24) is 4.90 Å². The van der Waals surface area contributed by atoms with Crippen LogP contribution in [0.1, 0.15) is 0 Å². The molecular weight excluding hydrogens is 454 g/mol. The summed E-state index contributed by atoms with van der Waals surface area (Å²) in [4.78, 5) is 4.63. The quantitative estimate of drug-likeness (QED) is 0.716. The van der Waals surface area contributed by atoms with Crippen LogP contribution in [-0.4, -0.2) is 53.7 Å². The fraction of sp³-hybridized carbons (Fsp3) is 0.333. The summed E-state index contributed by atoms with van der Waals surface area (Å²) in [5.41, 5.74) is 1.32. The van der Waals surface area contributed by atoms with E-state index in [1.165, 1.54) is 0 Å². The lowest BCUT2D eigenvalue weighted by Gasteiger charge is -2.34. The molecule has 0 unspecified atom stereocenters. The standard InChI is InChI=1S/C18H22BrN3O3S.ClH/c1-21-9-11-22(12-10-21)17-13-16(7-8-18(17)25-2)26(23,24)20-15-5-3-14(19)4-6-15;/h3-8,13,20H,9-12H2,1-2H3;1H. The lowest BCUT2D eigenvalue weighted by Crippen LogP contribution is -2.44. The predicted molar refractivity (Wildman–Crippen MR) is 115 cm³/mol. The minimum absolute atomic E-state index is 0. The zero-order valence-electron chi connectivity index (χ0n) is 15.2. The molecule has 0 spiro atoms. The maximum absolute atomic E-state index is 12.8. The molecule has 2 aromatic carbocycles. The van der Waals surface area contributed by atoms with Gasteiger partial charge in [-0.2, -0.15) is 0 Å². The van der Waals surface area contributed by atoms with Gasteiger partial charge < -0.3 is 14.5 Å². The average Bonchev–Trinajstić information content (AvgIpc) is 2.63. The third-order valence-corrected chi connectivity index (χ3v) is 6.31. The largest absolute Gasteiger partial charge is 0.495 e. The van der Waals surface area contributed by atoms with Crippen LogP contribution in [-0.2, 0) is 10.0 Å². The highest BCUT2D eigenvalue weighted by Gasteiger charge is 2.22. The van der Waals surface area contributed by atoms with Gasteiger partial charge in [0.05, 0.1) is 17.7 Å². The first kappa shape index (κ1) is 21.8. The summed E-state index contributed by atoms with van der Waals surface area (Å²) in [6.45, 7) is 3.52. The van der Waals surface area contributed by atoms with E-state index < -0.39 is 10.0 Å². The van der Waals surface area contributed by atoms with Gasteiger partial charge in [0.2, 0.25) is 0 Å². The van der Waals surface area contributed by atoms with Gasteiger partial charge in [0.1, 0.15) is 5.75 Å². The second-order valence-corrected chi connectivity index (χ2v) is 8.83. The van der Waals surface area contributed by atoms with Crippen LogP contribution in [0.4, 0.5) is 11.4 Å². The van der Waals surface area contributed by atoms with Crippen molar-refractivity contribution in [3.8, 4) is 5.75 Å². The predicted octanol–water partition coefficient (Wildman–Crippen LogP) is 3.43. The Hall–Kier alpha value is -1.48. The van der Waals surface area contributed by atoms with Gasteiger partial charge in [-0.25, -0.2) is 8.42 Å². The van der Waals surface area contributed by atoms with Crippen LogP contribution in [0.15, 0.2) is 51.8 Å². The lowest BCUT2D eigenvalue weighted by molar-refractivity contribution is 0.311. The summed E-state index contributed by atoms with van der Waals surface area (Å²) in [5.74, 6) is 0.678. The molecule has 27 heavy (non-hydrogen) atoms. The summed E-state index contributed by atoms with van der Waals surface area (Å²) in [6, 6.07) is 12.0. The highest BCUT2D eigenvalue weighted by molar-refractivity contribution is 9.10. The molecule has 1 saturated heterocycles. The second-order valence-electron chi connectivity index (χ2n) is 6.24.